The monoisotopic (exact) mass is 419 g/mol. The fraction of sp³-hybridized carbons (Fsp3) is 0.200. The highest BCUT2D eigenvalue weighted by Crippen LogP contribution is 2.32. The molecule has 0 spiro atoms. The lowest BCUT2D eigenvalue weighted by molar-refractivity contribution is 0.0747. The van der Waals surface area contributed by atoms with Crippen LogP contribution >= 0.6 is 34.8 Å². The molecule has 0 N–H and O–H groups in total. The number of nitrogens with zero attached hydrogens (tertiary/aromatic N) is 3. The van der Waals surface area contributed by atoms with E-state index in [1.54, 1.807) is 17.0 Å². The van der Waals surface area contributed by atoms with Crippen LogP contribution < -0.4 is 4.90 Å². The summed E-state index contributed by atoms with van der Waals surface area (Å²) < 4.78 is 0. The van der Waals surface area contributed by atoms with E-state index in [4.69, 9.17) is 39.8 Å². The summed E-state index contributed by atoms with van der Waals surface area (Å²) in [6, 6.07) is 15.3. The molecule has 2 heterocycles. The van der Waals surface area contributed by atoms with Crippen molar-refractivity contribution in [2.75, 3.05) is 31.1 Å². The van der Waals surface area contributed by atoms with Crippen LogP contribution in [0.4, 0.5) is 5.82 Å². The van der Waals surface area contributed by atoms with Crippen molar-refractivity contribution in [2.24, 2.45) is 0 Å². The molecule has 27 heavy (non-hydrogen) atoms. The van der Waals surface area contributed by atoms with Gasteiger partial charge in [-0.2, -0.15) is 0 Å². The Balaban J connectivity index is 1.50. The van der Waals surface area contributed by atoms with Gasteiger partial charge < -0.3 is 9.80 Å². The number of pyridine rings is 1. The zero-order valence-electron chi connectivity index (χ0n) is 14.3. The Morgan fingerprint density at radius 3 is 2.33 bits per heavy atom. The number of halogens is 3. The van der Waals surface area contributed by atoms with Crippen LogP contribution in [0.15, 0.2) is 48.5 Å². The van der Waals surface area contributed by atoms with Crippen LogP contribution in [0.1, 0.15) is 10.4 Å². The van der Waals surface area contributed by atoms with Gasteiger partial charge in [-0.25, -0.2) is 4.98 Å². The number of rotatable bonds is 2. The van der Waals surface area contributed by atoms with E-state index in [-0.39, 0.29) is 16.5 Å². The van der Waals surface area contributed by atoms with Gasteiger partial charge in [0.25, 0.3) is 5.91 Å². The van der Waals surface area contributed by atoms with Crippen LogP contribution in [-0.2, 0) is 0 Å². The van der Waals surface area contributed by atoms with Gasteiger partial charge in [0.1, 0.15) is 5.82 Å². The normalized spacial score (nSPS) is 14.6. The number of benzene rings is 2. The first kappa shape index (κ1) is 18.4. The average molecular weight is 421 g/mol. The van der Waals surface area contributed by atoms with Crippen LogP contribution in [0.2, 0.25) is 15.1 Å². The summed E-state index contributed by atoms with van der Waals surface area (Å²) in [7, 11) is 0. The lowest BCUT2D eigenvalue weighted by Gasteiger charge is -2.35. The molecular formula is C20H16Cl3N3O. The Kier molecular flexibility index (Phi) is 5.13. The third-order valence-corrected chi connectivity index (χ3v) is 5.85. The van der Waals surface area contributed by atoms with Crippen LogP contribution in [0.25, 0.3) is 10.9 Å². The number of piperazine rings is 1. The second-order valence-electron chi connectivity index (χ2n) is 6.36. The fourth-order valence-corrected chi connectivity index (χ4v) is 3.94. The highest BCUT2D eigenvalue weighted by molar-refractivity contribution is 6.46. The summed E-state index contributed by atoms with van der Waals surface area (Å²) in [5.74, 6) is 0.721. The fourth-order valence-electron chi connectivity index (χ4n) is 3.25. The Labute approximate surface area is 172 Å². The van der Waals surface area contributed by atoms with Gasteiger partial charge in [0, 0.05) is 31.6 Å². The molecule has 0 saturated carbocycles. The van der Waals surface area contributed by atoms with E-state index in [1.807, 2.05) is 30.3 Å². The Morgan fingerprint density at radius 1 is 0.852 bits per heavy atom. The van der Waals surface area contributed by atoms with Crippen molar-refractivity contribution in [1.82, 2.24) is 9.88 Å². The molecule has 3 aromatic rings. The molecule has 0 radical (unpaired) electrons. The first-order valence-electron chi connectivity index (χ1n) is 8.58. The van der Waals surface area contributed by atoms with E-state index >= 15 is 0 Å². The summed E-state index contributed by atoms with van der Waals surface area (Å²) in [5.41, 5.74) is 1.23. The van der Waals surface area contributed by atoms with E-state index < -0.39 is 0 Å². The van der Waals surface area contributed by atoms with Crippen molar-refractivity contribution >= 4 is 57.4 Å². The first-order valence-corrected chi connectivity index (χ1v) is 9.71. The number of hydrogen-bond acceptors (Lipinski definition) is 3. The summed E-state index contributed by atoms with van der Waals surface area (Å²) in [4.78, 5) is 21.5. The highest BCUT2D eigenvalue weighted by Gasteiger charge is 2.26. The second kappa shape index (κ2) is 7.55. The number of hydrogen-bond donors (Lipinski definition) is 0. The van der Waals surface area contributed by atoms with E-state index in [0.29, 0.717) is 36.2 Å². The van der Waals surface area contributed by atoms with Crippen molar-refractivity contribution in [2.45, 2.75) is 0 Å². The number of aromatic nitrogens is 1. The number of para-hydroxylation sites is 1. The van der Waals surface area contributed by atoms with E-state index in [0.717, 1.165) is 16.7 Å². The summed E-state index contributed by atoms with van der Waals surface area (Å²) >= 11 is 18.4. The van der Waals surface area contributed by atoms with Gasteiger partial charge in [0.2, 0.25) is 0 Å². The lowest BCUT2D eigenvalue weighted by Crippen LogP contribution is -2.49. The van der Waals surface area contributed by atoms with E-state index in [2.05, 4.69) is 11.0 Å². The van der Waals surface area contributed by atoms with Gasteiger partial charge in [-0.05, 0) is 30.3 Å². The molecule has 1 saturated heterocycles. The van der Waals surface area contributed by atoms with Gasteiger partial charge in [0.05, 0.1) is 26.1 Å². The minimum Gasteiger partial charge on any atom is -0.353 e. The molecular weight excluding hydrogens is 405 g/mol. The standard InChI is InChI=1S/C20H16Cl3N3O/c21-14-6-7-15(22)19(23)18(14)20(27)26-11-9-25(10-12-26)17-8-5-13-3-1-2-4-16(13)24-17/h1-8H,9-12H2. The maximum Gasteiger partial charge on any atom is 0.257 e. The summed E-state index contributed by atoms with van der Waals surface area (Å²) in [6.07, 6.45) is 0. The molecule has 1 aliphatic heterocycles. The van der Waals surface area contributed by atoms with Gasteiger partial charge in [-0.1, -0.05) is 53.0 Å². The third-order valence-electron chi connectivity index (χ3n) is 4.73. The molecule has 138 valence electrons. The molecule has 1 aliphatic rings. The number of anilines is 1. The second-order valence-corrected chi connectivity index (χ2v) is 7.55. The van der Waals surface area contributed by atoms with Crippen molar-refractivity contribution < 1.29 is 4.79 Å². The van der Waals surface area contributed by atoms with E-state index in [1.165, 1.54) is 0 Å². The third kappa shape index (κ3) is 3.57. The van der Waals surface area contributed by atoms with Gasteiger partial charge in [0.15, 0.2) is 0 Å². The van der Waals surface area contributed by atoms with Crippen molar-refractivity contribution in [1.29, 1.82) is 0 Å². The van der Waals surface area contributed by atoms with Crippen molar-refractivity contribution in [3.8, 4) is 0 Å². The minimum absolute atomic E-state index is 0.196. The number of fused-ring (bicyclic) bond motifs is 1. The minimum atomic E-state index is -0.196. The zero-order chi connectivity index (χ0) is 19.0. The molecule has 4 nitrogen and oxygen atoms in total. The lowest BCUT2D eigenvalue weighted by atomic mass is 10.1. The maximum atomic E-state index is 12.9. The molecule has 0 atom stereocenters. The Bertz CT molecular complexity index is 1020. The SMILES string of the molecule is O=C(c1c(Cl)ccc(Cl)c1Cl)N1CCN(c2ccc3ccccc3n2)CC1. The molecule has 7 heteroatoms. The Hall–Kier alpha value is -2.01. The van der Waals surface area contributed by atoms with Gasteiger partial charge in [-0.15, -0.1) is 0 Å². The maximum absolute atomic E-state index is 12.9. The number of amides is 1. The molecule has 1 amide bonds. The zero-order valence-corrected chi connectivity index (χ0v) is 16.6. The molecule has 2 aromatic carbocycles. The number of carbonyl (C=O) groups excluding carboxylic acids is 1. The molecule has 4 rings (SSSR count). The quantitative estimate of drug-likeness (QED) is 0.537. The van der Waals surface area contributed by atoms with Gasteiger partial charge >= 0.3 is 0 Å². The first-order chi connectivity index (χ1) is 13.0. The molecule has 0 bridgehead atoms. The molecule has 0 aliphatic carbocycles. The van der Waals surface area contributed by atoms with E-state index in [9.17, 15) is 4.79 Å². The molecule has 1 aromatic heterocycles. The van der Waals surface area contributed by atoms with Crippen LogP contribution in [0, 0.1) is 0 Å². The van der Waals surface area contributed by atoms with Gasteiger partial charge in [-0.3, -0.25) is 4.79 Å². The molecule has 0 unspecified atom stereocenters. The highest BCUT2D eigenvalue weighted by atomic mass is 35.5. The van der Waals surface area contributed by atoms with Crippen LogP contribution in [-0.4, -0.2) is 42.0 Å². The van der Waals surface area contributed by atoms with Crippen molar-refractivity contribution in [3.63, 3.8) is 0 Å². The largest absolute Gasteiger partial charge is 0.353 e. The smallest absolute Gasteiger partial charge is 0.257 e. The predicted molar refractivity (Wildman–Crippen MR) is 111 cm³/mol. The molecule has 1 fully saturated rings. The predicted octanol–water partition coefficient (Wildman–Crippen LogP) is 5.16. The average Bonchev–Trinajstić information content (AvgIpc) is 2.71. The van der Waals surface area contributed by atoms with Crippen LogP contribution in [0.5, 0.6) is 0 Å². The summed E-state index contributed by atoms with van der Waals surface area (Å²) in [6.45, 7) is 2.50. The topological polar surface area (TPSA) is 36.4 Å². The number of carbonyl (C=O) groups is 1. The van der Waals surface area contributed by atoms with Crippen molar-refractivity contribution in [3.05, 3.63) is 69.2 Å². The van der Waals surface area contributed by atoms with Crippen LogP contribution in [0.3, 0.4) is 0 Å². The Morgan fingerprint density at radius 2 is 1.56 bits per heavy atom. The summed E-state index contributed by atoms with van der Waals surface area (Å²) in [5, 5.41) is 1.95.